The molecule has 0 radical (unpaired) electrons. The normalized spacial score (nSPS) is 27.5. The van der Waals surface area contributed by atoms with Gasteiger partial charge in [-0.2, -0.15) is 8.78 Å². The predicted octanol–water partition coefficient (Wildman–Crippen LogP) is 6.04. The Morgan fingerprint density at radius 1 is 0.773 bits per heavy atom. The number of rotatable bonds is 4. The highest BCUT2D eigenvalue weighted by Crippen LogP contribution is 2.44. The van der Waals surface area contributed by atoms with Gasteiger partial charge in [0.1, 0.15) is 5.75 Å². The van der Waals surface area contributed by atoms with Gasteiger partial charge in [0, 0.05) is 0 Å². The van der Waals surface area contributed by atoms with Crippen LogP contribution < -0.4 is 4.74 Å². The monoisotopic (exact) mass is 308 g/mol. The van der Waals surface area contributed by atoms with Crippen molar-refractivity contribution in [3.63, 3.8) is 0 Å². The molecule has 0 aliphatic heterocycles. The lowest BCUT2D eigenvalue weighted by Gasteiger charge is -2.37. The van der Waals surface area contributed by atoms with Crippen LogP contribution in [0.2, 0.25) is 0 Å². The van der Waals surface area contributed by atoms with Crippen LogP contribution in [0, 0.1) is 17.8 Å². The molecule has 122 valence electrons. The Hall–Kier alpha value is -1.12. The summed E-state index contributed by atoms with van der Waals surface area (Å²) in [6, 6.07) is 8.46. The van der Waals surface area contributed by atoms with Gasteiger partial charge in [-0.1, -0.05) is 50.3 Å². The zero-order valence-corrected chi connectivity index (χ0v) is 13.1. The van der Waals surface area contributed by atoms with Crippen LogP contribution in [-0.2, 0) is 0 Å². The third-order valence-electron chi connectivity index (χ3n) is 5.56. The first-order valence-corrected chi connectivity index (χ1v) is 8.77. The summed E-state index contributed by atoms with van der Waals surface area (Å²) in [7, 11) is 0. The van der Waals surface area contributed by atoms with Crippen LogP contribution in [0.15, 0.2) is 30.3 Å². The van der Waals surface area contributed by atoms with E-state index in [1.807, 2.05) is 0 Å². The molecule has 1 aromatic carbocycles. The lowest BCUT2D eigenvalue weighted by atomic mass is 9.71. The van der Waals surface area contributed by atoms with Gasteiger partial charge < -0.3 is 4.74 Å². The van der Waals surface area contributed by atoms with Crippen LogP contribution in [0.3, 0.4) is 0 Å². The molecule has 0 unspecified atom stereocenters. The van der Waals surface area contributed by atoms with Crippen molar-refractivity contribution >= 4 is 0 Å². The van der Waals surface area contributed by atoms with Gasteiger partial charge in [-0.3, -0.25) is 0 Å². The molecule has 3 rings (SSSR count). The van der Waals surface area contributed by atoms with E-state index in [1.54, 1.807) is 30.3 Å². The van der Waals surface area contributed by atoms with Crippen molar-refractivity contribution in [2.45, 2.75) is 63.9 Å². The molecule has 0 aromatic heterocycles. The molecule has 2 aliphatic carbocycles. The Morgan fingerprint density at radius 2 is 1.36 bits per heavy atom. The minimum absolute atomic E-state index is 0.266. The van der Waals surface area contributed by atoms with Gasteiger partial charge in [0.15, 0.2) is 0 Å². The smallest absolute Gasteiger partial charge is 0.400 e. The molecule has 2 fully saturated rings. The summed E-state index contributed by atoms with van der Waals surface area (Å²) in [4.78, 5) is 0. The Bertz CT molecular complexity index is 446. The van der Waals surface area contributed by atoms with Crippen LogP contribution in [-0.4, -0.2) is 6.11 Å². The number of alkyl halides is 2. The van der Waals surface area contributed by atoms with E-state index in [4.69, 9.17) is 4.74 Å². The van der Waals surface area contributed by atoms with Crippen LogP contribution in [0.5, 0.6) is 5.75 Å². The molecule has 0 amide bonds. The highest BCUT2D eigenvalue weighted by Gasteiger charge is 2.44. The van der Waals surface area contributed by atoms with E-state index in [1.165, 1.54) is 32.1 Å². The molecule has 22 heavy (non-hydrogen) atoms. The molecule has 0 atom stereocenters. The van der Waals surface area contributed by atoms with Gasteiger partial charge in [-0.15, -0.1) is 0 Å². The van der Waals surface area contributed by atoms with Crippen LogP contribution in [0.25, 0.3) is 0 Å². The number of hydrogen-bond donors (Lipinski definition) is 0. The molecular weight excluding hydrogens is 282 g/mol. The molecular formula is C19H26F2O. The van der Waals surface area contributed by atoms with Crippen molar-refractivity contribution in [1.82, 2.24) is 0 Å². The maximum absolute atomic E-state index is 14.3. The summed E-state index contributed by atoms with van der Waals surface area (Å²) in [5.74, 6) is 1.09. The highest BCUT2D eigenvalue weighted by molar-refractivity contribution is 5.21. The number of para-hydroxylation sites is 1. The summed E-state index contributed by atoms with van der Waals surface area (Å²) in [5, 5.41) is 0. The van der Waals surface area contributed by atoms with Gasteiger partial charge in [0.2, 0.25) is 0 Å². The van der Waals surface area contributed by atoms with Crippen molar-refractivity contribution in [2.75, 3.05) is 0 Å². The Balaban J connectivity index is 1.53. The fourth-order valence-corrected chi connectivity index (χ4v) is 4.26. The number of halogens is 2. The SMILES string of the molecule is FC(F)(Oc1ccccc1)C1CCC(C2CCCCC2)CC1. The number of ether oxygens (including phenoxy) is 1. The van der Waals surface area contributed by atoms with Crippen molar-refractivity contribution in [3.8, 4) is 5.75 Å². The maximum Gasteiger partial charge on any atom is 0.400 e. The van der Waals surface area contributed by atoms with Crippen molar-refractivity contribution < 1.29 is 13.5 Å². The largest absolute Gasteiger partial charge is 0.432 e. The average Bonchev–Trinajstić information content (AvgIpc) is 2.56. The van der Waals surface area contributed by atoms with Gasteiger partial charge in [-0.25, -0.2) is 0 Å². The molecule has 1 aromatic rings. The minimum atomic E-state index is -3.04. The second-order valence-electron chi connectivity index (χ2n) is 6.99. The van der Waals surface area contributed by atoms with E-state index in [0.29, 0.717) is 18.8 Å². The second-order valence-corrected chi connectivity index (χ2v) is 6.99. The highest BCUT2D eigenvalue weighted by atomic mass is 19.3. The van der Waals surface area contributed by atoms with Gasteiger partial charge in [0.05, 0.1) is 5.92 Å². The first-order valence-electron chi connectivity index (χ1n) is 8.77. The van der Waals surface area contributed by atoms with Gasteiger partial charge in [0.25, 0.3) is 0 Å². The number of benzene rings is 1. The molecule has 2 saturated carbocycles. The topological polar surface area (TPSA) is 9.23 Å². The molecule has 0 heterocycles. The Kier molecular flexibility index (Phi) is 5.00. The van der Waals surface area contributed by atoms with E-state index in [-0.39, 0.29) is 5.75 Å². The molecule has 1 nitrogen and oxygen atoms in total. The molecule has 0 spiro atoms. The quantitative estimate of drug-likeness (QED) is 0.658. The standard InChI is InChI=1S/C19H26F2O/c20-19(21,22-18-9-5-2-6-10-18)17-13-11-16(12-14-17)15-7-3-1-4-8-15/h2,5-6,9-10,15-17H,1,3-4,7-8,11-14H2. The average molecular weight is 308 g/mol. The molecule has 0 N–H and O–H groups in total. The molecule has 3 heteroatoms. The zero-order chi connectivity index (χ0) is 15.4. The number of hydrogen-bond acceptors (Lipinski definition) is 1. The summed E-state index contributed by atoms with van der Waals surface area (Å²) >= 11 is 0. The Labute approximate surface area is 132 Å². The zero-order valence-electron chi connectivity index (χ0n) is 13.1. The fourth-order valence-electron chi connectivity index (χ4n) is 4.26. The van der Waals surface area contributed by atoms with Crippen LogP contribution in [0.1, 0.15) is 57.8 Å². The lowest BCUT2D eigenvalue weighted by Crippen LogP contribution is -2.38. The van der Waals surface area contributed by atoms with Crippen LogP contribution >= 0.6 is 0 Å². The van der Waals surface area contributed by atoms with E-state index >= 15 is 0 Å². The lowest BCUT2D eigenvalue weighted by molar-refractivity contribution is -0.224. The minimum Gasteiger partial charge on any atom is -0.432 e. The first kappa shape index (κ1) is 15.8. The molecule has 0 saturated heterocycles. The van der Waals surface area contributed by atoms with Gasteiger partial charge >= 0.3 is 6.11 Å². The van der Waals surface area contributed by atoms with Crippen molar-refractivity contribution in [3.05, 3.63) is 30.3 Å². The molecule has 0 bridgehead atoms. The summed E-state index contributed by atoms with van der Waals surface area (Å²) < 4.78 is 33.7. The first-order chi connectivity index (χ1) is 10.6. The van der Waals surface area contributed by atoms with Gasteiger partial charge in [-0.05, 0) is 49.7 Å². The van der Waals surface area contributed by atoms with E-state index in [9.17, 15) is 8.78 Å². The van der Waals surface area contributed by atoms with E-state index in [2.05, 4.69) is 0 Å². The third kappa shape index (κ3) is 3.80. The third-order valence-corrected chi connectivity index (χ3v) is 5.56. The summed E-state index contributed by atoms with van der Waals surface area (Å²) in [6.45, 7) is 0. The van der Waals surface area contributed by atoms with Crippen molar-refractivity contribution in [1.29, 1.82) is 0 Å². The van der Waals surface area contributed by atoms with E-state index in [0.717, 1.165) is 18.8 Å². The summed E-state index contributed by atoms with van der Waals surface area (Å²) in [6.07, 6.45) is 6.69. The predicted molar refractivity (Wildman–Crippen MR) is 84.0 cm³/mol. The van der Waals surface area contributed by atoms with Crippen molar-refractivity contribution in [2.24, 2.45) is 17.8 Å². The Morgan fingerprint density at radius 3 is 2.00 bits per heavy atom. The molecule has 2 aliphatic rings. The second kappa shape index (κ2) is 6.97. The summed E-state index contributed by atoms with van der Waals surface area (Å²) in [5.41, 5.74) is 0. The van der Waals surface area contributed by atoms with Crippen LogP contribution in [0.4, 0.5) is 8.78 Å². The van der Waals surface area contributed by atoms with E-state index < -0.39 is 12.0 Å². The maximum atomic E-state index is 14.3. The fraction of sp³-hybridized carbons (Fsp3) is 0.684.